The third kappa shape index (κ3) is 2.16. The number of hydrogen-bond donors (Lipinski definition) is 0. The molecule has 4 heteroatoms. The molecule has 0 fully saturated rings. The van der Waals surface area contributed by atoms with E-state index in [2.05, 4.69) is 0 Å². The summed E-state index contributed by atoms with van der Waals surface area (Å²) >= 11 is 5.12. The number of carbonyl (C=O) groups excluding carboxylic acids is 1. The Balaban J connectivity index is 2.84. The predicted octanol–water partition coefficient (Wildman–Crippen LogP) is 2.12. The van der Waals surface area contributed by atoms with E-state index in [0.717, 1.165) is 6.08 Å². The van der Waals surface area contributed by atoms with Gasteiger partial charge in [-0.05, 0) is 17.7 Å². The van der Waals surface area contributed by atoms with Gasteiger partial charge in [0, 0.05) is 12.3 Å². The van der Waals surface area contributed by atoms with Crippen LogP contribution in [0.25, 0.3) is 0 Å². The topological polar surface area (TPSA) is 40.9 Å². The summed E-state index contributed by atoms with van der Waals surface area (Å²) in [6.07, 6.45) is 5.49. The molecule has 0 N–H and O–H groups in total. The molecule has 13 heavy (non-hydrogen) atoms. The van der Waals surface area contributed by atoms with E-state index in [1.807, 2.05) is 0 Å². The first kappa shape index (κ1) is 9.94. The quantitative estimate of drug-likeness (QED) is 0.640. The van der Waals surface area contributed by atoms with Gasteiger partial charge in [-0.2, -0.15) is 5.26 Å². The summed E-state index contributed by atoms with van der Waals surface area (Å²) in [5.74, 6) is -0.771. The van der Waals surface area contributed by atoms with Gasteiger partial charge >= 0.3 is 0 Å². The fourth-order valence-electron chi connectivity index (χ4n) is 1.17. The van der Waals surface area contributed by atoms with E-state index in [9.17, 15) is 9.18 Å². The molecule has 1 rings (SSSR count). The van der Waals surface area contributed by atoms with E-state index in [0.29, 0.717) is 0 Å². The van der Waals surface area contributed by atoms with E-state index in [-0.39, 0.29) is 6.42 Å². The summed E-state index contributed by atoms with van der Waals surface area (Å²) in [7, 11) is 0. The first-order chi connectivity index (χ1) is 6.08. The van der Waals surface area contributed by atoms with Crippen molar-refractivity contribution in [1.82, 2.24) is 0 Å². The Kier molecular flexibility index (Phi) is 2.84. The molecule has 0 spiro atoms. The number of rotatable bonds is 2. The Bertz CT molecular complexity index is 318. The third-order valence-electron chi connectivity index (χ3n) is 1.88. The summed E-state index contributed by atoms with van der Waals surface area (Å²) in [6.45, 7) is 0. The normalized spacial score (nSPS) is 31.3. The van der Waals surface area contributed by atoms with Crippen LogP contribution in [0.4, 0.5) is 4.39 Å². The molecular weight excluding hydrogens is 193 g/mol. The molecule has 0 aromatic rings. The number of nitrogens with zero attached hydrogens (tertiary/aromatic N) is 1. The second-order valence-electron chi connectivity index (χ2n) is 2.79. The van der Waals surface area contributed by atoms with Crippen molar-refractivity contribution >= 4 is 16.8 Å². The van der Waals surface area contributed by atoms with Gasteiger partial charge in [-0.3, -0.25) is 4.79 Å². The minimum absolute atomic E-state index is 0.160. The van der Waals surface area contributed by atoms with Crippen molar-refractivity contribution in [2.45, 2.75) is 12.1 Å². The fourth-order valence-corrected chi connectivity index (χ4v) is 1.33. The van der Waals surface area contributed by atoms with Crippen LogP contribution in [0, 0.1) is 17.2 Å². The van der Waals surface area contributed by atoms with Gasteiger partial charge in [0.05, 0.1) is 0 Å². The highest BCUT2D eigenvalue weighted by Gasteiger charge is 2.37. The summed E-state index contributed by atoms with van der Waals surface area (Å²) in [6, 6.07) is 1.52. The lowest BCUT2D eigenvalue weighted by Crippen LogP contribution is -2.30. The second kappa shape index (κ2) is 3.71. The van der Waals surface area contributed by atoms with Crippen molar-refractivity contribution in [1.29, 1.82) is 5.26 Å². The molecule has 0 bridgehead atoms. The third-order valence-corrected chi connectivity index (χ3v) is 2.04. The number of nitriles is 1. The Labute approximate surface area is 80.3 Å². The molecule has 1 aliphatic rings. The van der Waals surface area contributed by atoms with Crippen molar-refractivity contribution in [3.63, 3.8) is 0 Å². The largest absolute Gasteiger partial charge is 0.281 e. The van der Waals surface area contributed by atoms with Crippen LogP contribution in [-0.4, -0.2) is 10.9 Å². The van der Waals surface area contributed by atoms with Crippen LogP contribution in [-0.2, 0) is 4.79 Å². The lowest BCUT2D eigenvalue weighted by atomic mass is 9.85. The highest BCUT2D eigenvalue weighted by Crippen LogP contribution is 2.31. The Morgan fingerprint density at radius 2 is 2.38 bits per heavy atom. The Morgan fingerprint density at radius 3 is 2.92 bits per heavy atom. The van der Waals surface area contributed by atoms with E-state index in [1.165, 1.54) is 18.2 Å². The standard InChI is InChI=1S/C9H7ClFNO/c10-8(13)5-7-3-1-2-4-9(7,11)6-12/h1-4,7H,5H2/t7-,9?/m1/s1. The van der Waals surface area contributed by atoms with Gasteiger partial charge in [-0.1, -0.05) is 18.2 Å². The summed E-state index contributed by atoms with van der Waals surface area (Å²) in [5, 5.41) is 7.93. The molecule has 0 saturated carbocycles. The van der Waals surface area contributed by atoms with E-state index >= 15 is 0 Å². The van der Waals surface area contributed by atoms with Gasteiger partial charge in [-0.25, -0.2) is 4.39 Å². The van der Waals surface area contributed by atoms with Crippen LogP contribution in [0.3, 0.4) is 0 Å². The van der Waals surface area contributed by atoms with Crippen molar-refractivity contribution in [3.8, 4) is 6.07 Å². The molecule has 68 valence electrons. The minimum atomic E-state index is -2.10. The molecule has 0 aromatic carbocycles. The van der Waals surface area contributed by atoms with Crippen molar-refractivity contribution in [2.75, 3.05) is 0 Å². The van der Waals surface area contributed by atoms with Gasteiger partial charge in [0.15, 0.2) is 0 Å². The first-order valence-electron chi connectivity index (χ1n) is 3.73. The van der Waals surface area contributed by atoms with Gasteiger partial charge < -0.3 is 0 Å². The molecular formula is C9H7ClFNO. The molecule has 0 radical (unpaired) electrons. The Hall–Kier alpha value is -1.14. The number of hydrogen-bond acceptors (Lipinski definition) is 2. The molecule has 2 nitrogen and oxygen atoms in total. The molecule has 0 aliphatic heterocycles. The zero-order valence-electron chi connectivity index (χ0n) is 6.71. The van der Waals surface area contributed by atoms with Crippen LogP contribution in [0.15, 0.2) is 24.3 Å². The molecule has 1 unspecified atom stereocenters. The zero-order valence-corrected chi connectivity index (χ0v) is 7.46. The molecule has 0 saturated heterocycles. The first-order valence-corrected chi connectivity index (χ1v) is 4.11. The average Bonchev–Trinajstić information content (AvgIpc) is 2.09. The van der Waals surface area contributed by atoms with Crippen LogP contribution in [0.2, 0.25) is 0 Å². The van der Waals surface area contributed by atoms with Crippen LogP contribution in [0.5, 0.6) is 0 Å². The molecule has 0 aromatic heterocycles. The lowest BCUT2D eigenvalue weighted by Gasteiger charge is -2.22. The van der Waals surface area contributed by atoms with E-state index in [1.54, 1.807) is 6.08 Å². The smallest absolute Gasteiger partial charge is 0.222 e. The molecule has 2 atom stereocenters. The van der Waals surface area contributed by atoms with E-state index in [4.69, 9.17) is 16.9 Å². The summed E-state index contributed by atoms with van der Waals surface area (Å²) < 4.78 is 13.6. The monoisotopic (exact) mass is 199 g/mol. The lowest BCUT2D eigenvalue weighted by molar-refractivity contribution is -0.112. The zero-order chi connectivity index (χ0) is 9.90. The van der Waals surface area contributed by atoms with Crippen LogP contribution in [0.1, 0.15) is 6.42 Å². The average molecular weight is 200 g/mol. The number of carbonyl (C=O) groups is 1. The number of alkyl halides is 1. The van der Waals surface area contributed by atoms with Gasteiger partial charge in [0.25, 0.3) is 0 Å². The maximum atomic E-state index is 13.6. The Morgan fingerprint density at radius 1 is 1.69 bits per heavy atom. The SMILES string of the molecule is N#CC1(F)C=CC=C[C@@H]1CC(=O)Cl. The molecule has 0 amide bonds. The number of halogens is 2. The second-order valence-corrected chi connectivity index (χ2v) is 3.21. The van der Waals surface area contributed by atoms with Gasteiger partial charge in [0.2, 0.25) is 10.9 Å². The van der Waals surface area contributed by atoms with Gasteiger partial charge in [-0.15, -0.1) is 0 Å². The summed E-state index contributed by atoms with van der Waals surface area (Å²) in [4.78, 5) is 10.5. The fraction of sp³-hybridized carbons (Fsp3) is 0.333. The highest BCUT2D eigenvalue weighted by molar-refractivity contribution is 6.63. The highest BCUT2D eigenvalue weighted by atomic mass is 35.5. The summed E-state index contributed by atoms with van der Waals surface area (Å²) in [5.41, 5.74) is -2.10. The van der Waals surface area contributed by atoms with Crippen LogP contribution >= 0.6 is 11.6 Å². The van der Waals surface area contributed by atoms with Crippen molar-refractivity contribution in [2.24, 2.45) is 5.92 Å². The van der Waals surface area contributed by atoms with E-state index < -0.39 is 16.8 Å². The molecule has 0 heterocycles. The van der Waals surface area contributed by atoms with Gasteiger partial charge in [0.1, 0.15) is 6.07 Å². The van der Waals surface area contributed by atoms with Crippen molar-refractivity contribution in [3.05, 3.63) is 24.3 Å². The van der Waals surface area contributed by atoms with Crippen LogP contribution < -0.4 is 0 Å². The number of allylic oxidation sites excluding steroid dienone is 4. The maximum absolute atomic E-state index is 13.6. The minimum Gasteiger partial charge on any atom is -0.281 e. The van der Waals surface area contributed by atoms with Crippen molar-refractivity contribution < 1.29 is 9.18 Å². The predicted molar refractivity (Wildman–Crippen MR) is 46.7 cm³/mol. The maximum Gasteiger partial charge on any atom is 0.222 e. The molecule has 1 aliphatic carbocycles.